The molecule has 0 aliphatic carbocycles. The summed E-state index contributed by atoms with van der Waals surface area (Å²) in [6.07, 6.45) is 0. The van der Waals surface area contributed by atoms with Crippen molar-refractivity contribution in [1.82, 2.24) is 6.15 Å². The van der Waals surface area contributed by atoms with Gasteiger partial charge < -0.3 is 6.15 Å². The third kappa shape index (κ3) is 13.1. The maximum absolute atomic E-state index is 9.87. The molecule has 0 amide bonds. The van der Waals surface area contributed by atoms with Crippen LogP contribution in [0.15, 0.2) is 0 Å². The van der Waals surface area contributed by atoms with Crippen LogP contribution >= 0.6 is 0 Å². The van der Waals surface area contributed by atoms with Crippen LogP contribution in [0, 0.1) is 15.7 Å². The number of halogens is 1. The lowest BCUT2D eigenvalue weighted by Crippen LogP contribution is -2.61. The molecule has 0 atom stereocenters. The Morgan fingerprint density at radius 3 is 1.64 bits per heavy atom. The molecule has 0 spiro atoms. The van der Waals surface area contributed by atoms with Gasteiger partial charge in [-0.2, -0.15) is 14.0 Å². The molecule has 0 heterocycles. The largest absolute Gasteiger partial charge is 0.344 e. The van der Waals surface area contributed by atoms with Gasteiger partial charge in [0.05, 0.1) is 14.5 Å². The Morgan fingerprint density at radius 1 is 1.18 bits per heavy atom. The predicted octanol–water partition coefficient (Wildman–Crippen LogP) is -1.89. The quantitative estimate of drug-likeness (QED) is 0.543. The molecule has 0 aromatic heterocycles. The van der Waals surface area contributed by atoms with E-state index in [1.165, 1.54) is 0 Å². The van der Waals surface area contributed by atoms with Crippen molar-refractivity contribution in [3.63, 3.8) is 0 Å². The smallest absolute Gasteiger partial charge is 0.208 e. The van der Waals surface area contributed by atoms with Crippen LogP contribution in [0.1, 0.15) is 20.8 Å². The van der Waals surface area contributed by atoms with E-state index >= 15 is 0 Å². The zero-order valence-corrected chi connectivity index (χ0v) is 7.68. The third-order valence-corrected chi connectivity index (χ3v) is 0.998. The number of hydrogen-bond acceptors (Lipinski definition) is 5. The van der Waals surface area contributed by atoms with Crippen LogP contribution in [0.4, 0.5) is 0 Å². The molecule has 5 nitrogen and oxygen atoms in total. The van der Waals surface area contributed by atoms with Gasteiger partial charge in [-0.15, -0.1) is 0 Å². The van der Waals surface area contributed by atoms with Gasteiger partial charge in [0.1, 0.15) is 0 Å². The van der Waals surface area contributed by atoms with E-state index in [2.05, 4.69) is 4.29 Å². The molecule has 0 aliphatic heterocycles. The lowest BCUT2D eigenvalue weighted by molar-refractivity contribution is -1.92. The average Bonchev–Trinajstić information content (AvgIpc) is 1.57. The van der Waals surface area contributed by atoms with Gasteiger partial charge in [-0.1, -0.05) is 20.8 Å². The molecule has 0 unspecified atom stereocenters. The highest BCUT2D eigenvalue weighted by molar-refractivity contribution is 4.56. The average molecular weight is 188 g/mol. The molecule has 0 saturated heterocycles. The van der Waals surface area contributed by atoms with Crippen molar-refractivity contribution in [2.75, 3.05) is 6.61 Å². The van der Waals surface area contributed by atoms with Crippen LogP contribution in [-0.4, -0.2) is 6.61 Å². The van der Waals surface area contributed by atoms with E-state index < -0.39 is 10.2 Å². The Balaban J connectivity index is 0. The fourth-order valence-electron chi connectivity index (χ4n) is 0.230. The SMILES string of the molecule is CC(C)(C)CO[Cl+3]([O-])([O-])[O-].N. The van der Waals surface area contributed by atoms with Crippen LogP contribution < -0.4 is 20.1 Å². The summed E-state index contributed by atoms with van der Waals surface area (Å²) in [4.78, 5) is 0. The summed E-state index contributed by atoms with van der Waals surface area (Å²) in [7, 11) is -4.25. The maximum Gasteiger partial charge on any atom is 0.208 e. The van der Waals surface area contributed by atoms with Gasteiger partial charge in [0.25, 0.3) is 0 Å². The fourth-order valence-corrected chi connectivity index (χ4v) is 0.691. The summed E-state index contributed by atoms with van der Waals surface area (Å²) in [5.74, 6) is 0. The first-order valence-electron chi connectivity index (χ1n) is 2.76. The fraction of sp³-hybridized carbons (Fsp3) is 1.00. The summed E-state index contributed by atoms with van der Waals surface area (Å²) in [5, 5.41) is 0. The summed E-state index contributed by atoms with van der Waals surface area (Å²) in [6, 6.07) is 0. The van der Waals surface area contributed by atoms with Crippen molar-refractivity contribution in [1.29, 1.82) is 0 Å². The predicted molar refractivity (Wildman–Crippen MR) is 30.4 cm³/mol. The summed E-state index contributed by atoms with van der Waals surface area (Å²) in [6.45, 7) is 5.23. The molecular formula is C5H14ClNO4. The minimum atomic E-state index is -4.25. The summed E-state index contributed by atoms with van der Waals surface area (Å²) < 4.78 is 33.6. The van der Waals surface area contributed by atoms with Crippen molar-refractivity contribution < 1.29 is 28.5 Å². The van der Waals surface area contributed by atoms with Crippen LogP contribution in [0.3, 0.4) is 0 Å². The molecule has 11 heavy (non-hydrogen) atoms. The summed E-state index contributed by atoms with van der Waals surface area (Å²) in [5.41, 5.74) is -0.301. The zero-order chi connectivity index (χ0) is 8.41. The normalized spacial score (nSPS) is 12.5. The van der Waals surface area contributed by atoms with Gasteiger partial charge in [0.15, 0.2) is 0 Å². The first-order chi connectivity index (χ1) is 4.21. The van der Waals surface area contributed by atoms with Gasteiger partial charge in [-0.3, -0.25) is 0 Å². The highest BCUT2D eigenvalue weighted by Crippen LogP contribution is 2.13. The van der Waals surface area contributed by atoms with E-state index in [0.29, 0.717) is 0 Å². The molecule has 6 heteroatoms. The van der Waals surface area contributed by atoms with Crippen molar-refractivity contribution in [2.24, 2.45) is 5.41 Å². The Kier molecular flexibility index (Phi) is 5.22. The van der Waals surface area contributed by atoms with Crippen LogP contribution in [0.25, 0.3) is 0 Å². The van der Waals surface area contributed by atoms with E-state index in [9.17, 15) is 14.0 Å². The second kappa shape index (κ2) is 4.20. The standard InChI is InChI=1S/C5H11ClO4.H3N/c1-5(2,3)4-10-6(7,8)9;/h4H2,1-3H3;1H3. The van der Waals surface area contributed by atoms with Gasteiger partial charge in [-0.25, -0.2) is 0 Å². The Labute approximate surface area is 68.3 Å². The van der Waals surface area contributed by atoms with E-state index in [1.54, 1.807) is 20.8 Å². The molecule has 70 valence electrons. The van der Waals surface area contributed by atoms with Crippen LogP contribution in [0.5, 0.6) is 0 Å². The first-order valence-corrected chi connectivity index (χ1v) is 3.99. The second-order valence-electron chi connectivity index (χ2n) is 3.19. The van der Waals surface area contributed by atoms with E-state index in [-0.39, 0.29) is 18.2 Å². The van der Waals surface area contributed by atoms with Crippen molar-refractivity contribution in [3.05, 3.63) is 0 Å². The molecule has 3 N–H and O–H groups in total. The topological polar surface area (TPSA) is 113 Å². The number of rotatable bonds is 2. The van der Waals surface area contributed by atoms with E-state index in [1.807, 2.05) is 0 Å². The Morgan fingerprint density at radius 2 is 1.55 bits per heavy atom. The van der Waals surface area contributed by atoms with E-state index in [0.717, 1.165) is 0 Å². The molecule has 0 fully saturated rings. The highest BCUT2D eigenvalue weighted by atomic mass is 35.7. The second-order valence-corrected chi connectivity index (χ2v) is 4.17. The van der Waals surface area contributed by atoms with Gasteiger partial charge in [-0.05, 0) is 0 Å². The Hall–Kier alpha value is 0.0900. The van der Waals surface area contributed by atoms with Crippen LogP contribution in [-0.2, 0) is 4.29 Å². The molecule has 0 saturated carbocycles. The van der Waals surface area contributed by atoms with Gasteiger partial charge >= 0.3 is 0 Å². The molecule has 0 rings (SSSR count). The monoisotopic (exact) mass is 187 g/mol. The van der Waals surface area contributed by atoms with Gasteiger partial charge in [0, 0.05) is 5.41 Å². The molecular weight excluding hydrogens is 174 g/mol. The molecule has 0 aliphatic rings. The minimum absolute atomic E-state index is 0. The number of hydrogen-bond donors (Lipinski definition) is 1. The van der Waals surface area contributed by atoms with Crippen molar-refractivity contribution >= 4 is 0 Å². The molecule has 0 aromatic rings. The Bertz CT molecular complexity index is 92.0. The lowest BCUT2D eigenvalue weighted by Gasteiger charge is -2.18. The molecule has 0 radical (unpaired) electrons. The maximum atomic E-state index is 9.87. The molecule has 0 bridgehead atoms. The molecule has 0 aromatic carbocycles. The lowest BCUT2D eigenvalue weighted by atomic mass is 9.99. The first kappa shape index (κ1) is 13.7. The highest BCUT2D eigenvalue weighted by Gasteiger charge is 2.24. The van der Waals surface area contributed by atoms with Crippen LogP contribution in [0.2, 0.25) is 0 Å². The van der Waals surface area contributed by atoms with E-state index in [4.69, 9.17) is 0 Å². The van der Waals surface area contributed by atoms with Gasteiger partial charge in [0.2, 0.25) is 6.61 Å². The van der Waals surface area contributed by atoms with Crippen molar-refractivity contribution in [3.8, 4) is 0 Å². The van der Waals surface area contributed by atoms with Crippen molar-refractivity contribution in [2.45, 2.75) is 20.8 Å². The summed E-state index contributed by atoms with van der Waals surface area (Å²) >= 11 is 0. The third-order valence-electron chi connectivity index (χ3n) is 0.621. The zero-order valence-electron chi connectivity index (χ0n) is 6.93. The minimum Gasteiger partial charge on any atom is -0.344 e.